The Hall–Kier alpha value is -1.08. The summed E-state index contributed by atoms with van der Waals surface area (Å²) in [6.07, 6.45) is 6.41. The van der Waals surface area contributed by atoms with Crippen molar-refractivity contribution in [2.45, 2.75) is 38.2 Å². The van der Waals surface area contributed by atoms with Crippen molar-refractivity contribution < 1.29 is 4.74 Å². The van der Waals surface area contributed by atoms with Gasteiger partial charge < -0.3 is 4.74 Å². The third kappa shape index (κ3) is 1.51. The molecule has 16 heavy (non-hydrogen) atoms. The summed E-state index contributed by atoms with van der Waals surface area (Å²) in [6, 6.07) is 8.80. The van der Waals surface area contributed by atoms with Gasteiger partial charge in [-0.25, -0.2) is 0 Å². The second-order valence-corrected chi connectivity index (χ2v) is 4.71. The van der Waals surface area contributed by atoms with Crippen molar-refractivity contribution in [2.24, 2.45) is 0 Å². The minimum absolute atomic E-state index is 0.421. The molecule has 1 saturated heterocycles. The molecule has 1 aromatic rings. The molecule has 1 heterocycles. The zero-order valence-corrected chi connectivity index (χ0v) is 9.78. The quantitative estimate of drug-likeness (QED) is 0.728. The van der Waals surface area contributed by atoms with Gasteiger partial charge in [-0.2, -0.15) is 0 Å². The summed E-state index contributed by atoms with van der Waals surface area (Å²) in [6.45, 7) is 3.18. The molecule has 1 fully saturated rings. The summed E-state index contributed by atoms with van der Waals surface area (Å²) in [5.74, 6) is 0.508. The van der Waals surface area contributed by atoms with Gasteiger partial charge in [0.2, 0.25) is 0 Å². The van der Waals surface area contributed by atoms with E-state index in [9.17, 15) is 0 Å². The van der Waals surface area contributed by atoms with Crippen LogP contribution in [0.2, 0.25) is 0 Å². The van der Waals surface area contributed by atoms with Crippen LogP contribution in [0.1, 0.15) is 43.2 Å². The fourth-order valence-corrected chi connectivity index (χ4v) is 2.98. The Balaban J connectivity index is 1.98. The fourth-order valence-electron chi connectivity index (χ4n) is 2.98. The van der Waals surface area contributed by atoms with Gasteiger partial charge in [-0.15, -0.1) is 0 Å². The zero-order valence-electron chi connectivity index (χ0n) is 9.78. The SMILES string of the molecule is CCC1=CC(C2CCCO2)c2ccccc21. The largest absolute Gasteiger partial charge is 0.377 e. The molecule has 3 rings (SSSR count). The number of benzene rings is 1. The first kappa shape index (κ1) is 10.1. The lowest BCUT2D eigenvalue weighted by atomic mass is 9.93. The molecule has 0 spiro atoms. The summed E-state index contributed by atoms with van der Waals surface area (Å²) >= 11 is 0. The van der Waals surface area contributed by atoms with Crippen LogP contribution in [0.15, 0.2) is 30.3 Å². The molecule has 1 aliphatic heterocycles. The molecule has 1 aromatic carbocycles. The average molecular weight is 214 g/mol. The van der Waals surface area contributed by atoms with Crippen LogP contribution in [0.4, 0.5) is 0 Å². The number of rotatable bonds is 2. The minimum atomic E-state index is 0.421. The number of allylic oxidation sites excluding steroid dienone is 1. The number of ether oxygens (including phenoxy) is 1. The van der Waals surface area contributed by atoms with Crippen LogP contribution < -0.4 is 0 Å². The maximum absolute atomic E-state index is 5.84. The van der Waals surface area contributed by atoms with Crippen LogP contribution in [-0.4, -0.2) is 12.7 Å². The Morgan fingerprint density at radius 1 is 1.31 bits per heavy atom. The lowest BCUT2D eigenvalue weighted by molar-refractivity contribution is 0.101. The lowest BCUT2D eigenvalue weighted by Gasteiger charge is -2.17. The van der Waals surface area contributed by atoms with Gasteiger partial charge in [0.15, 0.2) is 0 Å². The molecule has 0 N–H and O–H groups in total. The van der Waals surface area contributed by atoms with Gasteiger partial charge in [0.05, 0.1) is 6.10 Å². The highest BCUT2D eigenvalue weighted by Gasteiger charge is 2.31. The van der Waals surface area contributed by atoms with E-state index in [1.807, 2.05) is 0 Å². The van der Waals surface area contributed by atoms with E-state index >= 15 is 0 Å². The Kier molecular flexibility index (Phi) is 2.56. The van der Waals surface area contributed by atoms with E-state index in [4.69, 9.17) is 4.74 Å². The first-order chi connectivity index (χ1) is 7.90. The van der Waals surface area contributed by atoms with E-state index < -0.39 is 0 Å². The van der Waals surface area contributed by atoms with Crippen molar-refractivity contribution in [1.29, 1.82) is 0 Å². The molecular weight excluding hydrogens is 196 g/mol. The third-order valence-electron chi connectivity index (χ3n) is 3.79. The fraction of sp³-hybridized carbons (Fsp3) is 0.467. The highest BCUT2D eigenvalue weighted by Crippen LogP contribution is 2.42. The smallest absolute Gasteiger partial charge is 0.0679 e. The van der Waals surface area contributed by atoms with Crippen LogP contribution in [-0.2, 0) is 4.74 Å². The molecule has 1 nitrogen and oxygen atoms in total. The predicted molar refractivity (Wildman–Crippen MR) is 66.4 cm³/mol. The molecule has 0 amide bonds. The van der Waals surface area contributed by atoms with E-state index in [1.54, 1.807) is 0 Å². The van der Waals surface area contributed by atoms with Gasteiger partial charge in [-0.05, 0) is 36.0 Å². The molecule has 0 saturated carbocycles. The molecule has 1 heteroatoms. The van der Waals surface area contributed by atoms with Crippen molar-refractivity contribution in [3.8, 4) is 0 Å². The topological polar surface area (TPSA) is 9.23 Å². The maximum Gasteiger partial charge on any atom is 0.0679 e. The Morgan fingerprint density at radius 2 is 2.19 bits per heavy atom. The molecule has 0 bridgehead atoms. The van der Waals surface area contributed by atoms with Gasteiger partial charge in [0, 0.05) is 12.5 Å². The van der Waals surface area contributed by atoms with Crippen LogP contribution in [0.25, 0.3) is 5.57 Å². The van der Waals surface area contributed by atoms with E-state index in [-0.39, 0.29) is 0 Å². The molecule has 2 atom stereocenters. The summed E-state index contributed by atoms with van der Waals surface area (Å²) in [7, 11) is 0. The molecule has 84 valence electrons. The van der Waals surface area contributed by atoms with Crippen molar-refractivity contribution >= 4 is 5.57 Å². The molecule has 0 radical (unpaired) electrons. The molecule has 2 aliphatic rings. The molecule has 0 aromatic heterocycles. The van der Waals surface area contributed by atoms with Gasteiger partial charge >= 0.3 is 0 Å². The highest BCUT2D eigenvalue weighted by atomic mass is 16.5. The first-order valence-electron chi connectivity index (χ1n) is 6.31. The summed E-state index contributed by atoms with van der Waals surface area (Å²) in [5.41, 5.74) is 4.42. The van der Waals surface area contributed by atoms with Gasteiger partial charge in [0.25, 0.3) is 0 Å². The Labute approximate surface area is 97.1 Å². The van der Waals surface area contributed by atoms with E-state index in [1.165, 1.54) is 29.5 Å². The van der Waals surface area contributed by atoms with Crippen LogP contribution in [0.3, 0.4) is 0 Å². The second kappa shape index (κ2) is 4.06. The van der Waals surface area contributed by atoms with Crippen LogP contribution >= 0.6 is 0 Å². The maximum atomic E-state index is 5.84. The second-order valence-electron chi connectivity index (χ2n) is 4.71. The predicted octanol–water partition coefficient (Wildman–Crippen LogP) is 3.76. The number of hydrogen-bond acceptors (Lipinski definition) is 1. The Bertz CT molecular complexity index is 413. The standard InChI is InChI=1S/C15H18O/c1-2-11-10-14(15-8-5-9-16-15)13-7-4-3-6-12(11)13/h3-4,6-7,10,14-15H,2,5,8-9H2,1H3. The number of fused-ring (bicyclic) bond motifs is 1. The van der Waals surface area contributed by atoms with Gasteiger partial charge in [-0.1, -0.05) is 37.3 Å². The molecular formula is C15H18O. The van der Waals surface area contributed by atoms with E-state index in [2.05, 4.69) is 37.3 Å². The summed E-state index contributed by atoms with van der Waals surface area (Å²) in [4.78, 5) is 0. The lowest BCUT2D eigenvalue weighted by Crippen LogP contribution is -2.14. The highest BCUT2D eigenvalue weighted by molar-refractivity contribution is 5.74. The van der Waals surface area contributed by atoms with Crippen molar-refractivity contribution in [2.75, 3.05) is 6.61 Å². The minimum Gasteiger partial charge on any atom is -0.377 e. The van der Waals surface area contributed by atoms with Crippen molar-refractivity contribution in [3.05, 3.63) is 41.5 Å². The first-order valence-corrected chi connectivity index (χ1v) is 6.31. The third-order valence-corrected chi connectivity index (χ3v) is 3.79. The molecule has 1 aliphatic carbocycles. The van der Waals surface area contributed by atoms with E-state index in [0.29, 0.717) is 12.0 Å². The van der Waals surface area contributed by atoms with Crippen molar-refractivity contribution in [3.63, 3.8) is 0 Å². The van der Waals surface area contributed by atoms with Gasteiger partial charge in [-0.3, -0.25) is 0 Å². The average Bonchev–Trinajstić information content (AvgIpc) is 2.95. The Morgan fingerprint density at radius 3 is 2.94 bits per heavy atom. The van der Waals surface area contributed by atoms with Crippen LogP contribution in [0.5, 0.6) is 0 Å². The van der Waals surface area contributed by atoms with Gasteiger partial charge in [0.1, 0.15) is 0 Å². The van der Waals surface area contributed by atoms with Crippen molar-refractivity contribution in [1.82, 2.24) is 0 Å². The summed E-state index contributed by atoms with van der Waals surface area (Å²) in [5, 5.41) is 0. The number of hydrogen-bond donors (Lipinski definition) is 0. The zero-order chi connectivity index (χ0) is 11.0. The monoisotopic (exact) mass is 214 g/mol. The normalized spacial score (nSPS) is 27.9. The molecule has 2 unspecified atom stereocenters. The van der Waals surface area contributed by atoms with E-state index in [0.717, 1.165) is 13.0 Å². The summed E-state index contributed by atoms with van der Waals surface area (Å²) < 4.78 is 5.84. The van der Waals surface area contributed by atoms with Crippen LogP contribution in [0, 0.1) is 0 Å².